The number of benzene rings is 1. The monoisotopic (exact) mass is 458 g/mol. The molecule has 1 N–H and O–H groups in total. The smallest absolute Gasteiger partial charge is 0.256 e. The summed E-state index contributed by atoms with van der Waals surface area (Å²) in [6, 6.07) is 15.7. The van der Waals surface area contributed by atoms with Gasteiger partial charge >= 0.3 is 0 Å². The Labute approximate surface area is 199 Å². The molecule has 4 heterocycles. The van der Waals surface area contributed by atoms with Gasteiger partial charge in [-0.05, 0) is 43.4 Å². The first-order valence-electron chi connectivity index (χ1n) is 12.1. The van der Waals surface area contributed by atoms with Gasteiger partial charge in [-0.3, -0.25) is 14.8 Å². The third-order valence-electron chi connectivity index (χ3n) is 8.24. The number of nitrogens with one attached hydrogen (secondary N) is 1. The van der Waals surface area contributed by atoms with E-state index in [4.69, 9.17) is 0 Å². The Bertz CT molecular complexity index is 1130. The van der Waals surface area contributed by atoms with Crippen LogP contribution in [0.4, 0.5) is 0 Å². The maximum atomic E-state index is 14.3. The normalized spacial score (nSPS) is 30.8. The van der Waals surface area contributed by atoms with Crippen LogP contribution in [0.3, 0.4) is 0 Å². The first-order chi connectivity index (χ1) is 16.1. The highest BCUT2D eigenvalue weighted by Gasteiger charge is 2.60. The number of hydrogen-bond acceptors (Lipinski definition) is 5. The molecule has 3 aromatic rings. The second-order valence-corrected chi connectivity index (χ2v) is 11.0. The molecule has 1 aliphatic carbocycles. The summed E-state index contributed by atoms with van der Waals surface area (Å²) >= 11 is 1.54. The van der Waals surface area contributed by atoms with Gasteiger partial charge in [-0.1, -0.05) is 50.1 Å². The molecule has 2 aromatic heterocycles. The molecule has 1 amide bonds. The van der Waals surface area contributed by atoms with Crippen LogP contribution in [0.25, 0.3) is 10.6 Å². The van der Waals surface area contributed by atoms with Gasteiger partial charge in [0.2, 0.25) is 0 Å². The lowest BCUT2D eigenvalue weighted by atomic mass is 9.70. The molecule has 5 atom stereocenters. The molecule has 1 aromatic carbocycles. The predicted molar refractivity (Wildman–Crippen MR) is 131 cm³/mol. The Morgan fingerprint density at radius 2 is 2.03 bits per heavy atom. The number of pyridine rings is 1. The highest BCUT2D eigenvalue weighted by molar-refractivity contribution is 7.13. The lowest BCUT2D eigenvalue weighted by Gasteiger charge is -2.43. The number of piperidine rings is 1. The highest BCUT2D eigenvalue weighted by Crippen LogP contribution is 2.53. The predicted octanol–water partition coefficient (Wildman–Crippen LogP) is 4.95. The van der Waals surface area contributed by atoms with E-state index in [2.05, 4.69) is 57.4 Å². The number of rotatable bonds is 4. The van der Waals surface area contributed by atoms with Gasteiger partial charge in [0, 0.05) is 42.0 Å². The Morgan fingerprint density at radius 1 is 1.18 bits per heavy atom. The van der Waals surface area contributed by atoms with Gasteiger partial charge in [-0.2, -0.15) is 0 Å². The van der Waals surface area contributed by atoms with Gasteiger partial charge in [-0.15, -0.1) is 11.3 Å². The molecule has 3 aliphatic rings. The lowest BCUT2D eigenvalue weighted by molar-refractivity contribution is 0.0612. The van der Waals surface area contributed by atoms with E-state index in [1.807, 2.05) is 18.3 Å². The summed E-state index contributed by atoms with van der Waals surface area (Å²) in [5.74, 6) is 0.132. The van der Waals surface area contributed by atoms with Gasteiger partial charge in [0.15, 0.2) is 0 Å². The van der Waals surface area contributed by atoms with Crippen molar-refractivity contribution in [3.63, 3.8) is 0 Å². The van der Waals surface area contributed by atoms with Crippen molar-refractivity contribution in [2.24, 2.45) is 5.41 Å². The van der Waals surface area contributed by atoms with Crippen LogP contribution < -0.4 is 5.32 Å². The van der Waals surface area contributed by atoms with E-state index in [1.165, 1.54) is 36.2 Å². The minimum Gasteiger partial charge on any atom is -0.330 e. The van der Waals surface area contributed by atoms with Crippen molar-refractivity contribution in [3.8, 4) is 10.6 Å². The summed E-state index contributed by atoms with van der Waals surface area (Å²) in [5, 5.41) is 4.04. The minimum absolute atomic E-state index is 0.122. The maximum Gasteiger partial charge on any atom is 0.256 e. The number of nitrogens with zero attached hydrogens (tertiary/aromatic N) is 3. The minimum atomic E-state index is 0.122. The first-order valence-corrected chi connectivity index (χ1v) is 13.0. The summed E-state index contributed by atoms with van der Waals surface area (Å²) in [6.45, 7) is 2.42. The number of likely N-dealkylation sites (tertiary alicyclic amines) is 1. The molecule has 0 radical (unpaired) electrons. The molecule has 2 aliphatic heterocycles. The van der Waals surface area contributed by atoms with E-state index in [0.717, 1.165) is 29.8 Å². The third kappa shape index (κ3) is 3.51. The molecule has 6 heteroatoms. The standard InChI is InChI=1S/C27H30N4OS/c1-27-15-21-20(14-18-8-3-2-4-9-18)30-23(27)11-5-6-12-24(27)31(21)26(32)19-10-7-13-29-25(19)22-16-28-17-33-22/h2-4,7-10,13,16-17,20-21,23-24,30H,5-6,11-12,14-15H2,1H3/t20-,21-,23+,24-,27+/m0/s1. The Morgan fingerprint density at radius 3 is 2.85 bits per heavy atom. The molecule has 3 fully saturated rings. The van der Waals surface area contributed by atoms with Crippen LogP contribution in [0.5, 0.6) is 0 Å². The van der Waals surface area contributed by atoms with E-state index < -0.39 is 0 Å². The number of thiazole rings is 1. The second kappa shape index (κ2) is 8.33. The number of hydrogen-bond donors (Lipinski definition) is 1. The molecule has 0 unspecified atom stereocenters. The topological polar surface area (TPSA) is 58.1 Å². The summed E-state index contributed by atoms with van der Waals surface area (Å²) in [5.41, 5.74) is 4.72. The van der Waals surface area contributed by atoms with Crippen LogP contribution in [0.15, 0.2) is 60.4 Å². The Hall–Kier alpha value is -2.57. The molecular formula is C27H30N4OS. The van der Waals surface area contributed by atoms with E-state index in [0.29, 0.717) is 11.6 Å². The fourth-order valence-electron chi connectivity index (χ4n) is 6.67. The maximum absolute atomic E-state index is 14.3. The van der Waals surface area contributed by atoms with Crippen LogP contribution in [0.1, 0.15) is 54.9 Å². The summed E-state index contributed by atoms with van der Waals surface area (Å²) < 4.78 is 0. The van der Waals surface area contributed by atoms with Crippen molar-refractivity contribution in [3.05, 3.63) is 71.5 Å². The quantitative estimate of drug-likeness (QED) is 0.601. The Balaban J connectivity index is 1.41. The Kier molecular flexibility index (Phi) is 5.30. The molecule has 6 rings (SSSR count). The molecular weight excluding hydrogens is 428 g/mol. The number of carbonyl (C=O) groups is 1. The number of amides is 1. The van der Waals surface area contributed by atoms with Crippen molar-refractivity contribution in [2.75, 3.05) is 0 Å². The zero-order valence-electron chi connectivity index (χ0n) is 19.0. The molecule has 33 heavy (non-hydrogen) atoms. The molecule has 170 valence electrons. The van der Waals surface area contributed by atoms with Crippen molar-refractivity contribution in [1.29, 1.82) is 0 Å². The third-order valence-corrected chi connectivity index (χ3v) is 9.02. The second-order valence-electron chi connectivity index (χ2n) is 10.1. The SMILES string of the molecule is C[C@@]12C[C@H]3[C@H](Cc4ccccc4)N[C@@H]1CCCC[C@@H]2N3C(=O)c1cccnc1-c1cncs1. The largest absolute Gasteiger partial charge is 0.330 e. The van der Waals surface area contributed by atoms with Crippen molar-refractivity contribution in [1.82, 2.24) is 20.2 Å². The van der Waals surface area contributed by atoms with Gasteiger partial charge in [0.05, 0.1) is 21.6 Å². The molecule has 5 nitrogen and oxygen atoms in total. The molecule has 2 saturated heterocycles. The van der Waals surface area contributed by atoms with E-state index >= 15 is 0 Å². The number of aromatic nitrogens is 2. The lowest BCUT2D eigenvalue weighted by Crippen LogP contribution is -2.57. The molecule has 1 saturated carbocycles. The van der Waals surface area contributed by atoms with Crippen LogP contribution in [-0.4, -0.2) is 44.9 Å². The highest BCUT2D eigenvalue weighted by atomic mass is 32.1. The van der Waals surface area contributed by atoms with Crippen LogP contribution >= 0.6 is 11.3 Å². The first kappa shape index (κ1) is 21.0. The number of carbonyl (C=O) groups excluding carboxylic acids is 1. The average molecular weight is 459 g/mol. The molecule has 0 spiro atoms. The van der Waals surface area contributed by atoms with E-state index in [9.17, 15) is 4.79 Å². The van der Waals surface area contributed by atoms with Crippen LogP contribution in [0, 0.1) is 5.41 Å². The fraction of sp³-hybridized carbons (Fsp3) is 0.444. The zero-order chi connectivity index (χ0) is 22.4. The van der Waals surface area contributed by atoms with Gasteiger partial charge in [0.25, 0.3) is 5.91 Å². The van der Waals surface area contributed by atoms with Crippen LogP contribution in [0.2, 0.25) is 0 Å². The summed E-state index contributed by atoms with van der Waals surface area (Å²) in [6.07, 6.45) is 10.3. The summed E-state index contributed by atoms with van der Waals surface area (Å²) in [7, 11) is 0. The summed E-state index contributed by atoms with van der Waals surface area (Å²) in [4.78, 5) is 26.4. The molecule has 2 bridgehead atoms. The average Bonchev–Trinajstić information content (AvgIpc) is 3.42. The van der Waals surface area contributed by atoms with Gasteiger partial charge in [0.1, 0.15) is 0 Å². The van der Waals surface area contributed by atoms with E-state index in [1.54, 1.807) is 11.7 Å². The van der Waals surface area contributed by atoms with E-state index in [-0.39, 0.29) is 29.4 Å². The van der Waals surface area contributed by atoms with Crippen molar-refractivity contribution < 1.29 is 4.79 Å². The number of fused-ring (bicyclic) bond motifs is 1. The van der Waals surface area contributed by atoms with Gasteiger partial charge < -0.3 is 10.2 Å². The van der Waals surface area contributed by atoms with Crippen molar-refractivity contribution in [2.45, 2.75) is 69.6 Å². The van der Waals surface area contributed by atoms with Crippen molar-refractivity contribution >= 4 is 17.2 Å². The zero-order valence-corrected chi connectivity index (χ0v) is 19.8. The van der Waals surface area contributed by atoms with Gasteiger partial charge in [-0.25, -0.2) is 0 Å². The van der Waals surface area contributed by atoms with Crippen LogP contribution in [-0.2, 0) is 6.42 Å². The fourth-order valence-corrected chi connectivity index (χ4v) is 7.30.